The molecule has 1 aromatic carbocycles. The lowest BCUT2D eigenvalue weighted by Crippen LogP contribution is -2.00. The number of carboxylic acid groups (broad SMARTS) is 1. The van der Waals surface area contributed by atoms with Crippen LogP contribution in [0.2, 0.25) is 0 Å². The topological polar surface area (TPSA) is 55.1 Å². The van der Waals surface area contributed by atoms with Gasteiger partial charge in [0.1, 0.15) is 17.1 Å². The molecule has 0 spiro atoms. The highest BCUT2D eigenvalue weighted by atomic mass is 19.1. The third kappa shape index (κ3) is 2.25. The Morgan fingerprint density at radius 1 is 1.33 bits per heavy atom. The van der Waals surface area contributed by atoms with Crippen LogP contribution in [0.15, 0.2) is 30.5 Å². The van der Waals surface area contributed by atoms with Gasteiger partial charge < -0.3 is 5.11 Å². The minimum absolute atomic E-state index is 0.0669. The fraction of sp³-hybridized carbons (Fsp3) is 0.231. The number of rotatable bonds is 3. The van der Waals surface area contributed by atoms with E-state index in [-0.39, 0.29) is 17.4 Å². The van der Waals surface area contributed by atoms with E-state index in [9.17, 15) is 9.18 Å². The summed E-state index contributed by atoms with van der Waals surface area (Å²) in [6, 6.07) is 5.69. The molecule has 94 valence electrons. The lowest BCUT2D eigenvalue weighted by atomic mass is 10.1. The third-order valence-electron chi connectivity index (χ3n) is 2.61. The molecule has 0 aliphatic heterocycles. The molecule has 0 saturated carbocycles. The first kappa shape index (κ1) is 12.3. The van der Waals surface area contributed by atoms with Crippen LogP contribution in [-0.2, 0) is 0 Å². The Kier molecular flexibility index (Phi) is 3.14. The van der Waals surface area contributed by atoms with Crippen molar-refractivity contribution in [3.63, 3.8) is 0 Å². The molecular formula is C13H13FN2O2. The smallest absolute Gasteiger partial charge is 0.339 e. The van der Waals surface area contributed by atoms with E-state index in [0.717, 1.165) is 0 Å². The van der Waals surface area contributed by atoms with Crippen LogP contribution in [0.1, 0.15) is 30.2 Å². The molecule has 18 heavy (non-hydrogen) atoms. The minimum atomic E-state index is -1.04. The van der Waals surface area contributed by atoms with Gasteiger partial charge in [0.2, 0.25) is 0 Å². The summed E-state index contributed by atoms with van der Waals surface area (Å²) < 4.78 is 14.4. The first-order valence-electron chi connectivity index (χ1n) is 5.57. The van der Waals surface area contributed by atoms with Crippen LogP contribution in [-0.4, -0.2) is 20.9 Å². The van der Waals surface area contributed by atoms with Crippen LogP contribution >= 0.6 is 0 Å². The zero-order chi connectivity index (χ0) is 13.3. The molecule has 0 atom stereocenters. The number of aromatic nitrogens is 2. The molecule has 1 aromatic heterocycles. The molecular weight excluding hydrogens is 235 g/mol. The van der Waals surface area contributed by atoms with Crippen molar-refractivity contribution < 1.29 is 14.3 Å². The Labute approximate surface area is 104 Å². The maximum atomic E-state index is 12.9. The molecule has 5 heteroatoms. The number of hydrogen-bond acceptors (Lipinski definition) is 2. The third-order valence-corrected chi connectivity index (χ3v) is 2.61. The highest BCUT2D eigenvalue weighted by Gasteiger charge is 2.17. The molecule has 0 unspecified atom stereocenters. The van der Waals surface area contributed by atoms with Crippen molar-refractivity contribution in [3.8, 4) is 11.3 Å². The SMILES string of the molecule is CC(C)n1cc(C(=O)O)c(-c2ccc(F)cc2)n1. The normalized spacial score (nSPS) is 10.9. The number of hydrogen-bond donors (Lipinski definition) is 1. The van der Waals surface area contributed by atoms with Crippen LogP contribution in [0.25, 0.3) is 11.3 Å². The van der Waals surface area contributed by atoms with Crippen LogP contribution in [0.5, 0.6) is 0 Å². The van der Waals surface area contributed by atoms with Gasteiger partial charge in [-0.3, -0.25) is 4.68 Å². The second-order valence-electron chi connectivity index (χ2n) is 4.28. The van der Waals surface area contributed by atoms with Crippen LogP contribution < -0.4 is 0 Å². The van der Waals surface area contributed by atoms with Crippen molar-refractivity contribution in [1.29, 1.82) is 0 Å². The largest absolute Gasteiger partial charge is 0.478 e. The summed E-state index contributed by atoms with van der Waals surface area (Å²) in [5.74, 6) is -1.40. The van der Waals surface area contributed by atoms with Crippen molar-refractivity contribution >= 4 is 5.97 Å². The summed E-state index contributed by atoms with van der Waals surface area (Å²) in [7, 11) is 0. The molecule has 2 rings (SSSR count). The Bertz CT molecular complexity index is 573. The van der Waals surface area contributed by atoms with E-state index in [0.29, 0.717) is 11.3 Å². The van der Waals surface area contributed by atoms with Gasteiger partial charge in [-0.2, -0.15) is 5.10 Å². The average molecular weight is 248 g/mol. The predicted octanol–water partition coefficient (Wildman–Crippen LogP) is 2.97. The van der Waals surface area contributed by atoms with Gasteiger partial charge in [0.25, 0.3) is 0 Å². The molecule has 0 amide bonds. The van der Waals surface area contributed by atoms with Gasteiger partial charge in [-0.25, -0.2) is 9.18 Å². The molecule has 4 nitrogen and oxygen atoms in total. The maximum Gasteiger partial charge on any atom is 0.339 e. The summed E-state index contributed by atoms with van der Waals surface area (Å²) in [5.41, 5.74) is 1.07. The number of benzene rings is 1. The molecule has 0 radical (unpaired) electrons. The van der Waals surface area contributed by atoms with Crippen molar-refractivity contribution in [2.24, 2.45) is 0 Å². The van der Waals surface area contributed by atoms with Crippen molar-refractivity contribution in [2.45, 2.75) is 19.9 Å². The van der Waals surface area contributed by atoms with Gasteiger partial charge in [-0.05, 0) is 38.1 Å². The Hall–Kier alpha value is -2.17. The quantitative estimate of drug-likeness (QED) is 0.908. The zero-order valence-corrected chi connectivity index (χ0v) is 10.1. The molecule has 1 N–H and O–H groups in total. The summed E-state index contributed by atoms with van der Waals surface area (Å²) in [5, 5.41) is 13.4. The van der Waals surface area contributed by atoms with E-state index < -0.39 is 5.97 Å². The van der Waals surface area contributed by atoms with Crippen LogP contribution in [0.4, 0.5) is 4.39 Å². The molecule has 1 heterocycles. The van der Waals surface area contributed by atoms with Crippen molar-refractivity contribution in [2.75, 3.05) is 0 Å². The van der Waals surface area contributed by atoms with E-state index in [4.69, 9.17) is 5.11 Å². The van der Waals surface area contributed by atoms with E-state index in [1.165, 1.54) is 30.5 Å². The molecule has 0 fully saturated rings. The number of carbonyl (C=O) groups is 1. The number of nitrogens with zero attached hydrogens (tertiary/aromatic N) is 2. The summed E-state index contributed by atoms with van der Waals surface area (Å²) in [6.45, 7) is 3.82. The first-order chi connectivity index (χ1) is 8.49. The highest BCUT2D eigenvalue weighted by molar-refractivity contribution is 5.94. The monoisotopic (exact) mass is 248 g/mol. The summed E-state index contributed by atoms with van der Waals surface area (Å²) >= 11 is 0. The van der Waals surface area contributed by atoms with Gasteiger partial charge in [0.05, 0.1) is 0 Å². The lowest BCUT2D eigenvalue weighted by molar-refractivity contribution is 0.0697. The van der Waals surface area contributed by atoms with Crippen molar-refractivity contribution in [3.05, 3.63) is 41.8 Å². The molecule has 0 aliphatic carbocycles. The average Bonchev–Trinajstić information content (AvgIpc) is 2.75. The van der Waals surface area contributed by atoms with Crippen LogP contribution in [0, 0.1) is 5.82 Å². The molecule has 0 saturated heterocycles. The van der Waals surface area contributed by atoms with E-state index in [1.54, 1.807) is 4.68 Å². The highest BCUT2D eigenvalue weighted by Crippen LogP contribution is 2.23. The molecule has 0 aliphatic rings. The summed E-state index contributed by atoms with van der Waals surface area (Å²) in [4.78, 5) is 11.2. The van der Waals surface area contributed by atoms with E-state index in [2.05, 4.69) is 5.10 Å². The second kappa shape index (κ2) is 4.60. The Morgan fingerprint density at radius 3 is 2.44 bits per heavy atom. The van der Waals surface area contributed by atoms with Gasteiger partial charge in [0.15, 0.2) is 0 Å². The number of aromatic carboxylic acids is 1. The fourth-order valence-corrected chi connectivity index (χ4v) is 1.63. The number of halogens is 1. The molecule has 2 aromatic rings. The van der Waals surface area contributed by atoms with E-state index >= 15 is 0 Å². The number of carboxylic acids is 1. The minimum Gasteiger partial charge on any atom is -0.478 e. The van der Waals surface area contributed by atoms with Gasteiger partial charge in [-0.15, -0.1) is 0 Å². The van der Waals surface area contributed by atoms with Gasteiger partial charge in [-0.1, -0.05) is 0 Å². The fourth-order valence-electron chi connectivity index (χ4n) is 1.63. The standard InChI is InChI=1S/C13H13FN2O2/c1-8(2)16-7-11(13(17)18)12(15-16)9-3-5-10(14)6-4-9/h3-8H,1-2H3,(H,17,18). The van der Waals surface area contributed by atoms with Crippen LogP contribution in [0.3, 0.4) is 0 Å². The summed E-state index contributed by atoms with van der Waals surface area (Å²) in [6.07, 6.45) is 1.49. The first-order valence-corrected chi connectivity index (χ1v) is 5.57. The second-order valence-corrected chi connectivity index (χ2v) is 4.28. The Morgan fingerprint density at radius 2 is 1.94 bits per heavy atom. The maximum absolute atomic E-state index is 12.9. The zero-order valence-electron chi connectivity index (χ0n) is 10.1. The lowest BCUT2D eigenvalue weighted by Gasteiger charge is -2.03. The predicted molar refractivity (Wildman–Crippen MR) is 65.0 cm³/mol. The molecule has 0 bridgehead atoms. The van der Waals surface area contributed by atoms with Gasteiger partial charge in [0, 0.05) is 17.8 Å². The van der Waals surface area contributed by atoms with E-state index in [1.807, 2.05) is 13.8 Å². The van der Waals surface area contributed by atoms with Crippen molar-refractivity contribution in [1.82, 2.24) is 9.78 Å². The van der Waals surface area contributed by atoms with Gasteiger partial charge >= 0.3 is 5.97 Å². The Balaban J connectivity index is 2.55.